The molecule has 2 N–H and O–H groups in total. The highest BCUT2D eigenvalue weighted by atomic mass is 16.5. The summed E-state index contributed by atoms with van der Waals surface area (Å²) in [6.07, 6.45) is 6.77. The molecule has 152 valence electrons. The van der Waals surface area contributed by atoms with E-state index in [0.717, 1.165) is 77.8 Å². The number of aliphatic hydroxyl groups is 2. The van der Waals surface area contributed by atoms with Crippen LogP contribution < -0.4 is 0 Å². The monoisotopic (exact) mass is 364 g/mol. The van der Waals surface area contributed by atoms with Crippen LogP contribution in [0.15, 0.2) is 0 Å². The molecule has 2 unspecified atom stereocenters. The van der Waals surface area contributed by atoms with Crippen molar-refractivity contribution in [2.24, 2.45) is 0 Å². The van der Waals surface area contributed by atoms with Crippen molar-refractivity contribution < 1.29 is 29.2 Å². The number of hydrogen-bond acceptors (Lipinski definition) is 6. The first kappa shape index (κ1) is 24.8. The highest BCUT2D eigenvalue weighted by Crippen LogP contribution is 2.04. The summed E-state index contributed by atoms with van der Waals surface area (Å²) < 4.78 is 21.2. The molecule has 0 bridgehead atoms. The zero-order valence-corrected chi connectivity index (χ0v) is 16.3. The van der Waals surface area contributed by atoms with Gasteiger partial charge in [-0.25, -0.2) is 0 Å². The predicted octanol–water partition coefficient (Wildman–Crippen LogP) is 2.55. The number of ether oxygens (including phenoxy) is 4. The molecule has 0 aromatic carbocycles. The van der Waals surface area contributed by atoms with Crippen LogP contribution in [0.2, 0.25) is 0 Å². The van der Waals surface area contributed by atoms with Crippen molar-refractivity contribution in [2.45, 2.75) is 70.5 Å². The van der Waals surface area contributed by atoms with Gasteiger partial charge in [0.05, 0.1) is 25.4 Å². The Morgan fingerprint density at radius 3 is 1.52 bits per heavy atom. The molecular formula is C19H40O6. The molecule has 0 aliphatic carbocycles. The lowest BCUT2D eigenvalue weighted by atomic mass is 10.2. The molecule has 0 amide bonds. The molecule has 0 aromatic rings. The second-order valence-corrected chi connectivity index (χ2v) is 6.35. The van der Waals surface area contributed by atoms with Crippen LogP contribution in [0.1, 0.15) is 58.3 Å². The Labute approximate surface area is 153 Å². The van der Waals surface area contributed by atoms with E-state index in [1.54, 1.807) is 7.11 Å². The van der Waals surface area contributed by atoms with Gasteiger partial charge in [0.1, 0.15) is 0 Å². The largest absolute Gasteiger partial charge is 0.391 e. The van der Waals surface area contributed by atoms with Crippen LogP contribution in [-0.2, 0) is 18.9 Å². The molecule has 2 atom stereocenters. The van der Waals surface area contributed by atoms with Crippen molar-refractivity contribution in [1.29, 1.82) is 0 Å². The predicted molar refractivity (Wildman–Crippen MR) is 99.0 cm³/mol. The van der Waals surface area contributed by atoms with Crippen molar-refractivity contribution in [2.75, 3.05) is 53.4 Å². The van der Waals surface area contributed by atoms with Crippen LogP contribution in [0, 0.1) is 0 Å². The summed E-state index contributed by atoms with van der Waals surface area (Å²) in [6.45, 7) is 6.49. The zero-order valence-electron chi connectivity index (χ0n) is 16.3. The Hall–Kier alpha value is -0.240. The first-order chi connectivity index (χ1) is 12.2. The molecule has 6 nitrogen and oxygen atoms in total. The molecule has 0 rings (SSSR count). The summed E-state index contributed by atoms with van der Waals surface area (Å²) in [6, 6.07) is 0. The molecular weight excluding hydrogens is 324 g/mol. The van der Waals surface area contributed by atoms with Crippen molar-refractivity contribution in [3.05, 3.63) is 0 Å². The van der Waals surface area contributed by atoms with Crippen molar-refractivity contribution >= 4 is 0 Å². The fraction of sp³-hybridized carbons (Fsp3) is 1.00. The van der Waals surface area contributed by atoms with Gasteiger partial charge in [-0.3, -0.25) is 0 Å². The Kier molecular flexibility index (Phi) is 19.9. The minimum absolute atomic E-state index is 0.347. The molecule has 25 heavy (non-hydrogen) atoms. The quantitative estimate of drug-likeness (QED) is 0.323. The number of unbranched alkanes of at least 4 members (excludes halogenated alkanes) is 3. The maximum atomic E-state index is 9.61. The number of methoxy groups -OCH3 is 1. The molecule has 6 heteroatoms. The van der Waals surface area contributed by atoms with Gasteiger partial charge in [0, 0.05) is 40.1 Å². The lowest BCUT2D eigenvalue weighted by Crippen LogP contribution is -2.15. The number of rotatable bonds is 20. The van der Waals surface area contributed by atoms with E-state index in [1.165, 1.54) is 0 Å². The fourth-order valence-corrected chi connectivity index (χ4v) is 2.39. The van der Waals surface area contributed by atoms with E-state index in [9.17, 15) is 10.2 Å². The van der Waals surface area contributed by atoms with Crippen LogP contribution in [-0.4, -0.2) is 75.8 Å². The molecule has 0 aromatic heterocycles. The topological polar surface area (TPSA) is 77.4 Å². The van der Waals surface area contributed by atoms with E-state index in [-0.39, 0.29) is 12.2 Å². The van der Waals surface area contributed by atoms with Gasteiger partial charge >= 0.3 is 0 Å². The van der Waals surface area contributed by atoms with Crippen molar-refractivity contribution in [3.8, 4) is 0 Å². The van der Waals surface area contributed by atoms with E-state index in [1.807, 2.05) is 6.92 Å². The normalized spacial score (nSPS) is 13.9. The molecule has 0 aliphatic heterocycles. The third-order valence-electron chi connectivity index (χ3n) is 3.85. The van der Waals surface area contributed by atoms with Gasteiger partial charge in [-0.1, -0.05) is 0 Å². The van der Waals surface area contributed by atoms with Gasteiger partial charge in [0.25, 0.3) is 0 Å². The minimum Gasteiger partial charge on any atom is -0.391 e. The molecule has 0 spiro atoms. The third kappa shape index (κ3) is 19.9. The van der Waals surface area contributed by atoms with Crippen LogP contribution in [0.25, 0.3) is 0 Å². The third-order valence-corrected chi connectivity index (χ3v) is 3.85. The summed E-state index contributed by atoms with van der Waals surface area (Å²) in [5.74, 6) is 0. The van der Waals surface area contributed by atoms with E-state index < -0.39 is 0 Å². The lowest BCUT2D eigenvalue weighted by molar-refractivity contribution is 0.0349. The Bertz CT molecular complexity index is 252. The van der Waals surface area contributed by atoms with Crippen LogP contribution in [0.3, 0.4) is 0 Å². The summed E-state index contributed by atoms with van der Waals surface area (Å²) in [4.78, 5) is 0. The summed E-state index contributed by atoms with van der Waals surface area (Å²) in [5, 5.41) is 19.1. The van der Waals surface area contributed by atoms with Gasteiger partial charge < -0.3 is 29.2 Å². The lowest BCUT2D eigenvalue weighted by Gasteiger charge is -2.10. The molecule has 0 radical (unpaired) electrons. The van der Waals surface area contributed by atoms with Gasteiger partial charge in [-0.05, 0) is 58.3 Å². The van der Waals surface area contributed by atoms with Gasteiger partial charge in [0.2, 0.25) is 0 Å². The first-order valence-electron chi connectivity index (χ1n) is 9.79. The van der Waals surface area contributed by atoms with Gasteiger partial charge in [0.15, 0.2) is 0 Å². The Balaban J connectivity index is 3.09. The second-order valence-electron chi connectivity index (χ2n) is 6.35. The molecule has 0 saturated carbocycles. The molecule has 0 fully saturated rings. The maximum absolute atomic E-state index is 9.61. The zero-order chi connectivity index (χ0) is 18.6. The van der Waals surface area contributed by atoms with E-state index in [2.05, 4.69) is 0 Å². The SMILES string of the molecule is CCOCC(O)CCCCOCCCCOCCCCC(O)COC. The van der Waals surface area contributed by atoms with Crippen molar-refractivity contribution in [1.82, 2.24) is 0 Å². The summed E-state index contributed by atoms with van der Waals surface area (Å²) >= 11 is 0. The average molecular weight is 365 g/mol. The molecule has 0 aliphatic rings. The first-order valence-corrected chi connectivity index (χ1v) is 9.79. The van der Waals surface area contributed by atoms with E-state index in [0.29, 0.717) is 19.8 Å². The van der Waals surface area contributed by atoms with Gasteiger partial charge in [-0.2, -0.15) is 0 Å². The highest BCUT2D eigenvalue weighted by Gasteiger charge is 2.03. The average Bonchev–Trinajstić information content (AvgIpc) is 2.60. The number of aliphatic hydroxyl groups excluding tert-OH is 2. The fourth-order valence-electron chi connectivity index (χ4n) is 2.39. The van der Waals surface area contributed by atoms with Gasteiger partial charge in [-0.15, -0.1) is 0 Å². The standard InChI is InChI=1S/C19H40O6/c1-3-23-17-19(21)11-5-7-13-25-15-9-8-14-24-12-6-4-10-18(20)16-22-2/h18-21H,3-17H2,1-2H3. The van der Waals surface area contributed by atoms with E-state index >= 15 is 0 Å². The maximum Gasteiger partial charge on any atom is 0.0773 e. The summed E-state index contributed by atoms with van der Waals surface area (Å²) in [7, 11) is 1.60. The van der Waals surface area contributed by atoms with Crippen LogP contribution >= 0.6 is 0 Å². The van der Waals surface area contributed by atoms with Crippen LogP contribution in [0.5, 0.6) is 0 Å². The Morgan fingerprint density at radius 2 is 1.08 bits per heavy atom. The highest BCUT2D eigenvalue weighted by molar-refractivity contribution is 4.54. The van der Waals surface area contributed by atoms with E-state index in [4.69, 9.17) is 18.9 Å². The Morgan fingerprint density at radius 1 is 0.640 bits per heavy atom. The summed E-state index contributed by atoms with van der Waals surface area (Å²) in [5.41, 5.74) is 0. The minimum atomic E-state index is -0.352. The van der Waals surface area contributed by atoms with Crippen molar-refractivity contribution in [3.63, 3.8) is 0 Å². The van der Waals surface area contributed by atoms with Crippen LogP contribution in [0.4, 0.5) is 0 Å². The smallest absolute Gasteiger partial charge is 0.0773 e. The second kappa shape index (κ2) is 20.1. The number of hydrogen-bond donors (Lipinski definition) is 2. The molecule has 0 heterocycles. The molecule has 0 saturated heterocycles.